The van der Waals surface area contributed by atoms with Crippen molar-refractivity contribution < 1.29 is 9.47 Å². The van der Waals surface area contributed by atoms with Crippen LogP contribution in [0, 0.1) is 24.2 Å². The van der Waals surface area contributed by atoms with E-state index in [2.05, 4.69) is 19.8 Å². The first kappa shape index (κ1) is 10.6. The standard InChI is InChI=1S/C11H18O2/c1-5-9(3)10-7-12-11(4,6-2)13-8-10/h2,9-10H,5,7-8H2,1,3-4H3. The van der Waals surface area contributed by atoms with Gasteiger partial charge in [0.25, 0.3) is 0 Å². The second-order valence-electron chi connectivity index (χ2n) is 3.86. The molecule has 0 aromatic carbocycles. The van der Waals surface area contributed by atoms with Gasteiger partial charge in [-0.2, -0.15) is 0 Å². The summed E-state index contributed by atoms with van der Waals surface area (Å²) in [6.07, 6.45) is 6.45. The largest absolute Gasteiger partial charge is 0.340 e. The van der Waals surface area contributed by atoms with Crippen LogP contribution in [0.5, 0.6) is 0 Å². The lowest BCUT2D eigenvalue weighted by molar-refractivity contribution is -0.243. The highest BCUT2D eigenvalue weighted by Gasteiger charge is 2.32. The molecule has 1 aliphatic heterocycles. The van der Waals surface area contributed by atoms with Gasteiger partial charge in [-0.1, -0.05) is 20.3 Å². The van der Waals surface area contributed by atoms with Crippen LogP contribution in [0.3, 0.4) is 0 Å². The fourth-order valence-corrected chi connectivity index (χ4v) is 1.37. The van der Waals surface area contributed by atoms with Gasteiger partial charge in [0.05, 0.1) is 13.2 Å². The van der Waals surface area contributed by atoms with Crippen molar-refractivity contribution in [3.8, 4) is 12.3 Å². The minimum atomic E-state index is -0.788. The van der Waals surface area contributed by atoms with Crippen molar-refractivity contribution in [1.29, 1.82) is 0 Å². The van der Waals surface area contributed by atoms with Crippen molar-refractivity contribution in [3.05, 3.63) is 0 Å². The summed E-state index contributed by atoms with van der Waals surface area (Å²) in [4.78, 5) is 0. The smallest absolute Gasteiger partial charge is 0.230 e. The lowest BCUT2D eigenvalue weighted by Gasteiger charge is -2.36. The molecule has 0 saturated carbocycles. The Hall–Kier alpha value is -0.520. The first-order valence-corrected chi connectivity index (χ1v) is 4.87. The van der Waals surface area contributed by atoms with Crippen molar-refractivity contribution in [2.75, 3.05) is 13.2 Å². The van der Waals surface area contributed by atoms with Crippen molar-refractivity contribution in [2.45, 2.75) is 33.0 Å². The lowest BCUT2D eigenvalue weighted by atomic mass is 9.92. The molecular formula is C11H18O2. The zero-order chi connectivity index (χ0) is 9.90. The van der Waals surface area contributed by atoms with Crippen LogP contribution in [0.1, 0.15) is 27.2 Å². The molecule has 0 aromatic heterocycles. The van der Waals surface area contributed by atoms with Gasteiger partial charge in [0.2, 0.25) is 5.79 Å². The van der Waals surface area contributed by atoms with E-state index >= 15 is 0 Å². The molecule has 1 unspecified atom stereocenters. The van der Waals surface area contributed by atoms with Crippen LogP contribution >= 0.6 is 0 Å². The molecular weight excluding hydrogens is 164 g/mol. The third kappa shape index (κ3) is 2.46. The predicted octanol–water partition coefficient (Wildman–Crippen LogP) is 2.04. The second-order valence-corrected chi connectivity index (χ2v) is 3.86. The molecule has 0 spiro atoms. The summed E-state index contributed by atoms with van der Waals surface area (Å²) in [6, 6.07) is 0. The Morgan fingerprint density at radius 3 is 2.46 bits per heavy atom. The molecule has 1 atom stereocenters. The van der Waals surface area contributed by atoms with E-state index in [9.17, 15) is 0 Å². The van der Waals surface area contributed by atoms with E-state index in [-0.39, 0.29) is 0 Å². The van der Waals surface area contributed by atoms with Crippen LogP contribution < -0.4 is 0 Å². The molecule has 1 fully saturated rings. The van der Waals surface area contributed by atoms with Crippen molar-refractivity contribution in [1.82, 2.24) is 0 Å². The molecule has 1 heterocycles. The third-order valence-electron chi connectivity index (χ3n) is 2.86. The Balaban J connectivity index is 2.44. The Morgan fingerprint density at radius 2 is 2.08 bits per heavy atom. The predicted molar refractivity (Wildman–Crippen MR) is 52.1 cm³/mol. The fourth-order valence-electron chi connectivity index (χ4n) is 1.37. The highest BCUT2D eigenvalue weighted by molar-refractivity contribution is 5.01. The Labute approximate surface area is 80.6 Å². The molecule has 1 aliphatic rings. The van der Waals surface area contributed by atoms with Gasteiger partial charge < -0.3 is 9.47 Å². The van der Waals surface area contributed by atoms with E-state index in [4.69, 9.17) is 15.9 Å². The van der Waals surface area contributed by atoms with Crippen molar-refractivity contribution in [3.63, 3.8) is 0 Å². The molecule has 2 nitrogen and oxygen atoms in total. The monoisotopic (exact) mass is 182 g/mol. The molecule has 0 radical (unpaired) electrons. The molecule has 13 heavy (non-hydrogen) atoms. The van der Waals surface area contributed by atoms with Gasteiger partial charge in [0.15, 0.2) is 0 Å². The van der Waals surface area contributed by atoms with Gasteiger partial charge in [-0.05, 0) is 11.8 Å². The maximum absolute atomic E-state index is 5.49. The zero-order valence-corrected chi connectivity index (χ0v) is 8.67. The topological polar surface area (TPSA) is 18.5 Å². The van der Waals surface area contributed by atoms with Crippen LogP contribution in [0.25, 0.3) is 0 Å². The minimum Gasteiger partial charge on any atom is -0.340 e. The molecule has 74 valence electrons. The van der Waals surface area contributed by atoms with Gasteiger partial charge in [-0.25, -0.2) is 0 Å². The second kappa shape index (κ2) is 4.13. The van der Waals surface area contributed by atoms with Crippen LogP contribution in [-0.2, 0) is 9.47 Å². The number of hydrogen-bond donors (Lipinski definition) is 0. The number of terminal acetylenes is 1. The average molecular weight is 182 g/mol. The third-order valence-corrected chi connectivity index (χ3v) is 2.86. The Morgan fingerprint density at radius 1 is 1.54 bits per heavy atom. The summed E-state index contributed by atoms with van der Waals surface area (Å²) < 4.78 is 11.0. The van der Waals surface area contributed by atoms with Crippen molar-refractivity contribution >= 4 is 0 Å². The molecule has 0 aromatic rings. The van der Waals surface area contributed by atoms with Crippen LogP contribution in [0.2, 0.25) is 0 Å². The summed E-state index contributed by atoms with van der Waals surface area (Å²) in [5.41, 5.74) is 0. The summed E-state index contributed by atoms with van der Waals surface area (Å²) in [5, 5.41) is 0. The van der Waals surface area contributed by atoms with E-state index in [1.165, 1.54) is 0 Å². The summed E-state index contributed by atoms with van der Waals surface area (Å²) in [7, 11) is 0. The quantitative estimate of drug-likeness (QED) is 0.608. The number of ether oxygens (including phenoxy) is 2. The Bertz CT molecular complexity index is 197. The average Bonchev–Trinajstić information content (AvgIpc) is 2.18. The maximum Gasteiger partial charge on any atom is 0.230 e. The van der Waals surface area contributed by atoms with E-state index in [1.807, 2.05) is 0 Å². The van der Waals surface area contributed by atoms with E-state index in [0.717, 1.165) is 19.6 Å². The molecule has 1 rings (SSSR count). The van der Waals surface area contributed by atoms with E-state index in [0.29, 0.717) is 11.8 Å². The highest BCUT2D eigenvalue weighted by atomic mass is 16.7. The molecule has 1 saturated heterocycles. The molecule has 0 amide bonds. The highest BCUT2D eigenvalue weighted by Crippen LogP contribution is 2.26. The SMILES string of the molecule is C#CC1(C)OCC(C(C)CC)CO1. The van der Waals surface area contributed by atoms with Gasteiger partial charge >= 0.3 is 0 Å². The summed E-state index contributed by atoms with van der Waals surface area (Å²) in [5.74, 6) is 2.86. The maximum atomic E-state index is 5.49. The Kier molecular flexibility index (Phi) is 3.35. The lowest BCUT2D eigenvalue weighted by Crippen LogP contribution is -2.42. The van der Waals surface area contributed by atoms with Gasteiger partial charge in [0, 0.05) is 12.8 Å². The zero-order valence-electron chi connectivity index (χ0n) is 8.67. The number of rotatable bonds is 2. The summed E-state index contributed by atoms with van der Waals surface area (Å²) >= 11 is 0. The van der Waals surface area contributed by atoms with E-state index in [1.54, 1.807) is 6.92 Å². The van der Waals surface area contributed by atoms with E-state index < -0.39 is 5.79 Å². The first-order valence-electron chi connectivity index (χ1n) is 4.87. The normalized spacial score (nSPS) is 36.6. The number of hydrogen-bond acceptors (Lipinski definition) is 2. The van der Waals surface area contributed by atoms with Crippen LogP contribution in [0.4, 0.5) is 0 Å². The van der Waals surface area contributed by atoms with Crippen LogP contribution in [0.15, 0.2) is 0 Å². The molecule has 2 heteroatoms. The minimum absolute atomic E-state index is 0.492. The van der Waals surface area contributed by atoms with Gasteiger partial charge in [0.1, 0.15) is 0 Å². The fraction of sp³-hybridized carbons (Fsp3) is 0.818. The van der Waals surface area contributed by atoms with Gasteiger partial charge in [-0.15, -0.1) is 6.42 Å². The summed E-state index contributed by atoms with van der Waals surface area (Å²) in [6.45, 7) is 7.63. The van der Waals surface area contributed by atoms with Crippen LogP contribution in [-0.4, -0.2) is 19.0 Å². The van der Waals surface area contributed by atoms with Gasteiger partial charge in [-0.3, -0.25) is 0 Å². The first-order chi connectivity index (χ1) is 6.11. The molecule has 0 N–H and O–H groups in total. The molecule has 0 bridgehead atoms. The molecule has 0 aliphatic carbocycles. The van der Waals surface area contributed by atoms with Crippen molar-refractivity contribution in [2.24, 2.45) is 11.8 Å².